The number of aliphatic imine (C=N–C) groups is 1. The molecule has 1 aliphatic heterocycles. The number of nitrogens with zero attached hydrogens (tertiary/aromatic N) is 1. The van der Waals surface area contributed by atoms with Crippen molar-refractivity contribution < 1.29 is 14.6 Å². The lowest BCUT2D eigenvalue weighted by atomic mass is 9.95. The third-order valence-corrected chi connectivity index (χ3v) is 3.51. The van der Waals surface area contributed by atoms with Gasteiger partial charge >= 0.3 is 0 Å². The highest BCUT2D eigenvalue weighted by Gasteiger charge is 2.29. The van der Waals surface area contributed by atoms with Gasteiger partial charge in [-0.15, -0.1) is 24.0 Å². The van der Waals surface area contributed by atoms with E-state index in [2.05, 4.69) is 29.5 Å². The Morgan fingerprint density at radius 1 is 1.30 bits per heavy atom. The first-order chi connectivity index (χ1) is 10.6. The van der Waals surface area contributed by atoms with E-state index in [-0.39, 0.29) is 24.0 Å². The van der Waals surface area contributed by atoms with Gasteiger partial charge in [-0.3, -0.25) is 4.99 Å². The molecule has 0 radical (unpaired) electrons. The van der Waals surface area contributed by atoms with Crippen molar-refractivity contribution in [2.24, 2.45) is 10.9 Å². The van der Waals surface area contributed by atoms with Crippen molar-refractivity contribution in [1.82, 2.24) is 10.6 Å². The topological polar surface area (TPSA) is 75.1 Å². The molecule has 0 aromatic heterocycles. The van der Waals surface area contributed by atoms with Crippen LogP contribution in [0, 0.1) is 5.92 Å². The lowest BCUT2D eigenvalue weighted by Crippen LogP contribution is -2.42. The maximum atomic E-state index is 10.4. The van der Waals surface area contributed by atoms with Crippen LogP contribution in [-0.2, 0) is 9.47 Å². The van der Waals surface area contributed by atoms with E-state index < -0.39 is 5.60 Å². The molecule has 1 heterocycles. The van der Waals surface area contributed by atoms with Crippen LogP contribution in [0.25, 0.3) is 0 Å². The molecule has 23 heavy (non-hydrogen) atoms. The van der Waals surface area contributed by atoms with Gasteiger partial charge < -0.3 is 25.2 Å². The van der Waals surface area contributed by atoms with E-state index in [1.807, 2.05) is 6.92 Å². The molecule has 0 aromatic carbocycles. The van der Waals surface area contributed by atoms with Crippen LogP contribution in [0.15, 0.2) is 4.99 Å². The lowest BCUT2D eigenvalue weighted by Gasteiger charge is -2.30. The van der Waals surface area contributed by atoms with E-state index in [4.69, 9.17) is 9.47 Å². The van der Waals surface area contributed by atoms with E-state index in [0.29, 0.717) is 38.5 Å². The first kappa shape index (κ1) is 22.9. The third kappa shape index (κ3) is 11.1. The third-order valence-electron chi connectivity index (χ3n) is 3.51. The van der Waals surface area contributed by atoms with Crippen LogP contribution in [-0.4, -0.2) is 62.7 Å². The molecule has 7 heteroatoms. The molecule has 0 saturated carbocycles. The lowest BCUT2D eigenvalue weighted by molar-refractivity contribution is -0.0565. The second-order valence-corrected chi connectivity index (χ2v) is 6.28. The van der Waals surface area contributed by atoms with E-state index in [1.54, 1.807) is 0 Å². The molecule has 138 valence electrons. The number of hydrogen-bond acceptors (Lipinski definition) is 4. The molecular formula is C16H34IN3O3. The predicted octanol–water partition coefficient (Wildman–Crippen LogP) is 1.76. The number of nitrogens with one attached hydrogen (secondary N) is 2. The van der Waals surface area contributed by atoms with Gasteiger partial charge in [-0.1, -0.05) is 13.8 Å². The van der Waals surface area contributed by atoms with E-state index in [9.17, 15) is 5.11 Å². The second-order valence-electron chi connectivity index (χ2n) is 6.28. The summed E-state index contributed by atoms with van der Waals surface area (Å²) in [6, 6.07) is 0. The van der Waals surface area contributed by atoms with Crippen LogP contribution in [0.1, 0.15) is 40.0 Å². The van der Waals surface area contributed by atoms with Crippen molar-refractivity contribution in [3.8, 4) is 0 Å². The normalized spacial score (nSPS) is 17.7. The Hall–Kier alpha value is -0.120. The average molecular weight is 443 g/mol. The van der Waals surface area contributed by atoms with Crippen LogP contribution in [0.5, 0.6) is 0 Å². The summed E-state index contributed by atoms with van der Waals surface area (Å²) in [5.41, 5.74) is -0.721. The van der Waals surface area contributed by atoms with Crippen LogP contribution < -0.4 is 10.6 Å². The zero-order valence-electron chi connectivity index (χ0n) is 14.8. The quantitative estimate of drug-likeness (QED) is 0.219. The van der Waals surface area contributed by atoms with Crippen molar-refractivity contribution in [2.75, 3.05) is 46.1 Å². The minimum Gasteiger partial charge on any atom is -0.388 e. The molecule has 1 rings (SSSR count). The zero-order valence-corrected chi connectivity index (χ0v) is 17.1. The van der Waals surface area contributed by atoms with Crippen LogP contribution in [0.4, 0.5) is 0 Å². The Balaban J connectivity index is 0.00000484. The monoisotopic (exact) mass is 443 g/mol. The van der Waals surface area contributed by atoms with E-state index >= 15 is 0 Å². The number of rotatable bonds is 9. The van der Waals surface area contributed by atoms with Gasteiger partial charge in [0.2, 0.25) is 0 Å². The summed E-state index contributed by atoms with van der Waals surface area (Å²) in [7, 11) is 0. The minimum absolute atomic E-state index is 0. The number of aliphatic hydroxyl groups is 1. The highest BCUT2D eigenvalue weighted by atomic mass is 127. The summed E-state index contributed by atoms with van der Waals surface area (Å²) < 4.78 is 10.8. The van der Waals surface area contributed by atoms with Gasteiger partial charge in [0.1, 0.15) is 0 Å². The maximum Gasteiger partial charge on any atom is 0.191 e. The Kier molecular flexibility index (Phi) is 13.1. The first-order valence-electron chi connectivity index (χ1n) is 8.46. The molecule has 0 unspecified atom stereocenters. The largest absolute Gasteiger partial charge is 0.388 e. The molecule has 3 N–H and O–H groups in total. The van der Waals surface area contributed by atoms with Crippen molar-refractivity contribution >= 4 is 29.9 Å². The molecule has 1 aliphatic rings. The SMILES string of the molecule is CCNC(=NCC1(O)CCOCC1)NCCCOCC(C)C.I. The highest BCUT2D eigenvalue weighted by molar-refractivity contribution is 14.0. The fourth-order valence-corrected chi connectivity index (χ4v) is 2.18. The van der Waals surface area contributed by atoms with E-state index in [1.165, 1.54) is 0 Å². The van der Waals surface area contributed by atoms with Gasteiger partial charge in [0.05, 0.1) is 12.1 Å². The molecule has 0 atom stereocenters. The summed E-state index contributed by atoms with van der Waals surface area (Å²) in [5, 5.41) is 16.9. The zero-order chi connectivity index (χ0) is 16.3. The molecule has 6 nitrogen and oxygen atoms in total. The Bertz CT molecular complexity index is 322. The van der Waals surface area contributed by atoms with E-state index in [0.717, 1.165) is 38.7 Å². The van der Waals surface area contributed by atoms with Crippen LogP contribution in [0.3, 0.4) is 0 Å². The summed E-state index contributed by atoms with van der Waals surface area (Å²) in [6.07, 6.45) is 2.24. The highest BCUT2D eigenvalue weighted by Crippen LogP contribution is 2.20. The molecular weight excluding hydrogens is 409 g/mol. The Morgan fingerprint density at radius 2 is 2.00 bits per heavy atom. The fourth-order valence-electron chi connectivity index (χ4n) is 2.18. The van der Waals surface area contributed by atoms with Gasteiger partial charge in [-0.05, 0) is 19.3 Å². The van der Waals surface area contributed by atoms with Gasteiger partial charge in [-0.25, -0.2) is 0 Å². The molecule has 0 amide bonds. The van der Waals surface area contributed by atoms with Gasteiger partial charge in [0, 0.05) is 52.4 Å². The molecule has 0 aliphatic carbocycles. The molecule has 0 spiro atoms. The number of ether oxygens (including phenoxy) is 2. The smallest absolute Gasteiger partial charge is 0.191 e. The van der Waals surface area contributed by atoms with Crippen molar-refractivity contribution in [3.63, 3.8) is 0 Å². The van der Waals surface area contributed by atoms with Crippen LogP contribution >= 0.6 is 24.0 Å². The molecule has 1 saturated heterocycles. The molecule has 0 bridgehead atoms. The number of guanidine groups is 1. The average Bonchev–Trinajstić information content (AvgIpc) is 2.48. The summed E-state index contributed by atoms with van der Waals surface area (Å²) in [6.45, 7) is 11.1. The number of hydrogen-bond donors (Lipinski definition) is 3. The first-order valence-corrected chi connectivity index (χ1v) is 8.46. The summed E-state index contributed by atoms with van der Waals surface area (Å²) in [4.78, 5) is 4.50. The Labute approximate surface area is 157 Å². The fraction of sp³-hybridized carbons (Fsp3) is 0.938. The predicted molar refractivity (Wildman–Crippen MR) is 105 cm³/mol. The Morgan fingerprint density at radius 3 is 2.61 bits per heavy atom. The van der Waals surface area contributed by atoms with Crippen molar-refractivity contribution in [1.29, 1.82) is 0 Å². The van der Waals surface area contributed by atoms with Gasteiger partial charge in [-0.2, -0.15) is 0 Å². The van der Waals surface area contributed by atoms with Crippen molar-refractivity contribution in [3.05, 3.63) is 0 Å². The maximum absolute atomic E-state index is 10.4. The molecule has 1 fully saturated rings. The second kappa shape index (κ2) is 13.2. The van der Waals surface area contributed by atoms with Crippen molar-refractivity contribution in [2.45, 2.75) is 45.6 Å². The van der Waals surface area contributed by atoms with Gasteiger partial charge in [0.15, 0.2) is 5.96 Å². The van der Waals surface area contributed by atoms with Crippen LogP contribution in [0.2, 0.25) is 0 Å². The van der Waals surface area contributed by atoms with Gasteiger partial charge in [0.25, 0.3) is 0 Å². The minimum atomic E-state index is -0.721. The summed E-state index contributed by atoms with van der Waals surface area (Å²) >= 11 is 0. The number of halogens is 1. The summed E-state index contributed by atoms with van der Waals surface area (Å²) in [5.74, 6) is 1.33. The standard InChI is InChI=1S/C16H33N3O3.HI/c1-4-17-15(18-8-5-9-22-12-14(2)3)19-13-16(20)6-10-21-11-7-16;/h14,20H,4-13H2,1-3H3,(H2,17,18,19);1H. The molecule has 0 aromatic rings.